The third-order valence-electron chi connectivity index (χ3n) is 3.83. The lowest BCUT2D eigenvalue weighted by Gasteiger charge is -2.39. The first kappa shape index (κ1) is 13.1. The number of hydrogen-bond donors (Lipinski definition) is 1. The van der Waals surface area contributed by atoms with Crippen molar-refractivity contribution in [3.63, 3.8) is 0 Å². The van der Waals surface area contributed by atoms with E-state index in [2.05, 4.69) is 29.6 Å². The van der Waals surface area contributed by atoms with Crippen LogP contribution in [0.1, 0.15) is 24.8 Å². The summed E-state index contributed by atoms with van der Waals surface area (Å²) in [4.78, 5) is 11.7. The molecule has 1 saturated carbocycles. The van der Waals surface area contributed by atoms with E-state index in [4.69, 9.17) is 4.74 Å². The Morgan fingerprint density at radius 3 is 2.61 bits per heavy atom. The van der Waals surface area contributed by atoms with Gasteiger partial charge in [-0.25, -0.2) is 0 Å². The molecule has 0 radical (unpaired) electrons. The van der Waals surface area contributed by atoms with E-state index in [0.29, 0.717) is 0 Å². The quantitative estimate of drug-likeness (QED) is 0.618. The van der Waals surface area contributed by atoms with Gasteiger partial charge in [0, 0.05) is 6.54 Å². The molecule has 0 amide bonds. The highest BCUT2D eigenvalue weighted by Gasteiger charge is 2.44. The number of ether oxygens (including phenoxy) is 1. The van der Waals surface area contributed by atoms with Crippen molar-refractivity contribution >= 4 is 5.97 Å². The predicted molar refractivity (Wildman–Crippen MR) is 71.3 cm³/mol. The number of hydrogen-bond acceptors (Lipinski definition) is 3. The number of benzene rings is 1. The topological polar surface area (TPSA) is 38.3 Å². The van der Waals surface area contributed by atoms with Crippen molar-refractivity contribution in [3.05, 3.63) is 35.9 Å². The molecule has 1 aliphatic carbocycles. The molecule has 1 N–H and O–H groups in total. The summed E-state index contributed by atoms with van der Waals surface area (Å²) in [5.41, 5.74) is 1.08. The van der Waals surface area contributed by atoms with E-state index in [9.17, 15) is 4.79 Å². The van der Waals surface area contributed by atoms with Crippen LogP contribution in [0.15, 0.2) is 30.3 Å². The molecular weight excluding hydrogens is 226 g/mol. The Kier molecular flexibility index (Phi) is 4.37. The van der Waals surface area contributed by atoms with E-state index in [0.717, 1.165) is 38.8 Å². The van der Waals surface area contributed by atoms with E-state index >= 15 is 0 Å². The van der Waals surface area contributed by atoms with Crippen LogP contribution in [0, 0.1) is 5.41 Å². The molecule has 0 unspecified atom stereocenters. The number of carbonyl (C=O) groups excluding carboxylic acids is 1. The summed E-state index contributed by atoms with van der Waals surface area (Å²) < 4.78 is 4.89. The average molecular weight is 247 g/mol. The normalized spacial score (nSPS) is 16.9. The van der Waals surface area contributed by atoms with Gasteiger partial charge < -0.3 is 10.1 Å². The molecule has 3 heteroatoms. The summed E-state index contributed by atoms with van der Waals surface area (Å²) in [5.74, 6) is -0.0547. The summed E-state index contributed by atoms with van der Waals surface area (Å²) in [7, 11) is 1.48. The number of carbonyl (C=O) groups is 1. The molecule has 1 aromatic carbocycles. The maximum absolute atomic E-state index is 11.7. The first-order chi connectivity index (χ1) is 8.77. The zero-order valence-corrected chi connectivity index (χ0v) is 10.9. The highest BCUT2D eigenvalue weighted by molar-refractivity contribution is 5.78. The maximum atomic E-state index is 11.7. The summed E-state index contributed by atoms with van der Waals surface area (Å²) in [6, 6.07) is 10.4. The maximum Gasteiger partial charge on any atom is 0.313 e. The number of methoxy groups -OCH3 is 1. The number of esters is 1. The number of nitrogens with one attached hydrogen (secondary N) is 1. The van der Waals surface area contributed by atoms with Crippen LogP contribution >= 0.6 is 0 Å². The molecule has 0 aliphatic heterocycles. The standard InChI is InChI=1S/C15H21NO2/c1-18-14(17)15(9-5-10-15)12-16-11-8-13-6-3-2-4-7-13/h2-4,6-7,16H,5,8-12H2,1H3. The molecule has 0 spiro atoms. The SMILES string of the molecule is COC(=O)C1(CNCCc2ccccc2)CCC1. The van der Waals surface area contributed by atoms with Gasteiger partial charge in [0.1, 0.15) is 0 Å². The second kappa shape index (κ2) is 6.01. The van der Waals surface area contributed by atoms with Crippen LogP contribution in [0.5, 0.6) is 0 Å². The van der Waals surface area contributed by atoms with Gasteiger partial charge in [-0.3, -0.25) is 4.79 Å². The summed E-state index contributed by atoms with van der Waals surface area (Å²) >= 11 is 0. The van der Waals surface area contributed by atoms with Gasteiger partial charge in [0.05, 0.1) is 12.5 Å². The van der Waals surface area contributed by atoms with Gasteiger partial charge in [0.25, 0.3) is 0 Å². The highest BCUT2D eigenvalue weighted by Crippen LogP contribution is 2.41. The van der Waals surface area contributed by atoms with Crippen LogP contribution in [-0.2, 0) is 16.0 Å². The van der Waals surface area contributed by atoms with E-state index < -0.39 is 0 Å². The van der Waals surface area contributed by atoms with Gasteiger partial charge in [-0.2, -0.15) is 0 Å². The Labute approximate surface area is 109 Å². The molecule has 1 aliphatic rings. The largest absolute Gasteiger partial charge is 0.469 e. The molecule has 1 fully saturated rings. The minimum Gasteiger partial charge on any atom is -0.469 e. The Morgan fingerprint density at radius 1 is 1.33 bits per heavy atom. The molecular formula is C15H21NO2. The molecule has 0 saturated heterocycles. The van der Waals surface area contributed by atoms with Crippen molar-refractivity contribution in [3.8, 4) is 0 Å². The zero-order valence-electron chi connectivity index (χ0n) is 10.9. The lowest BCUT2D eigenvalue weighted by Crippen LogP contribution is -2.47. The average Bonchev–Trinajstić information content (AvgIpc) is 2.37. The smallest absolute Gasteiger partial charge is 0.313 e. The van der Waals surface area contributed by atoms with Crippen LogP contribution in [0.2, 0.25) is 0 Å². The van der Waals surface area contributed by atoms with Gasteiger partial charge in [-0.1, -0.05) is 36.8 Å². The van der Waals surface area contributed by atoms with Gasteiger partial charge in [0.2, 0.25) is 0 Å². The molecule has 0 aromatic heterocycles. The molecule has 18 heavy (non-hydrogen) atoms. The fourth-order valence-corrected chi connectivity index (χ4v) is 2.48. The van der Waals surface area contributed by atoms with Crippen molar-refractivity contribution in [1.29, 1.82) is 0 Å². The molecule has 1 aromatic rings. The van der Waals surface area contributed by atoms with Crippen molar-refractivity contribution in [2.75, 3.05) is 20.2 Å². The summed E-state index contributed by atoms with van der Waals surface area (Å²) in [6.45, 7) is 1.65. The molecule has 0 bridgehead atoms. The van der Waals surface area contributed by atoms with Crippen LogP contribution < -0.4 is 5.32 Å². The first-order valence-corrected chi connectivity index (χ1v) is 6.60. The van der Waals surface area contributed by atoms with Gasteiger partial charge in [0.15, 0.2) is 0 Å². The second-order valence-electron chi connectivity index (χ2n) is 5.04. The predicted octanol–water partition coefficient (Wildman–Crippen LogP) is 2.16. The lowest BCUT2D eigenvalue weighted by atomic mass is 9.68. The Hall–Kier alpha value is -1.35. The zero-order chi connectivity index (χ0) is 12.8. The van der Waals surface area contributed by atoms with Gasteiger partial charge in [-0.05, 0) is 31.4 Å². The molecule has 98 valence electrons. The number of rotatable bonds is 6. The highest BCUT2D eigenvalue weighted by atomic mass is 16.5. The van der Waals surface area contributed by atoms with Crippen molar-refractivity contribution in [2.24, 2.45) is 5.41 Å². The van der Waals surface area contributed by atoms with E-state index in [1.807, 2.05) is 6.07 Å². The Balaban J connectivity index is 1.73. The molecule has 3 nitrogen and oxygen atoms in total. The third kappa shape index (κ3) is 2.91. The summed E-state index contributed by atoms with van der Waals surface area (Å²) in [6.07, 6.45) is 4.05. The van der Waals surface area contributed by atoms with Crippen molar-refractivity contribution < 1.29 is 9.53 Å². The fraction of sp³-hybridized carbons (Fsp3) is 0.533. The minimum atomic E-state index is -0.245. The molecule has 0 heterocycles. The fourth-order valence-electron chi connectivity index (χ4n) is 2.48. The van der Waals surface area contributed by atoms with Gasteiger partial charge >= 0.3 is 5.97 Å². The van der Waals surface area contributed by atoms with Crippen molar-refractivity contribution in [2.45, 2.75) is 25.7 Å². The van der Waals surface area contributed by atoms with Crippen molar-refractivity contribution in [1.82, 2.24) is 5.32 Å². The van der Waals surface area contributed by atoms with Crippen LogP contribution in [0.3, 0.4) is 0 Å². The lowest BCUT2D eigenvalue weighted by molar-refractivity contribution is -0.158. The Morgan fingerprint density at radius 2 is 2.06 bits per heavy atom. The molecule has 0 atom stereocenters. The van der Waals surface area contributed by atoms with Crippen LogP contribution in [-0.4, -0.2) is 26.2 Å². The monoisotopic (exact) mass is 247 g/mol. The van der Waals surface area contributed by atoms with Crippen LogP contribution in [0.4, 0.5) is 0 Å². The van der Waals surface area contributed by atoms with E-state index in [1.165, 1.54) is 12.7 Å². The molecule has 2 rings (SSSR count). The third-order valence-corrected chi connectivity index (χ3v) is 3.83. The minimum absolute atomic E-state index is 0.0547. The second-order valence-corrected chi connectivity index (χ2v) is 5.04. The van der Waals surface area contributed by atoms with E-state index in [1.54, 1.807) is 0 Å². The summed E-state index contributed by atoms with van der Waals surface area (Å²) in [5, 5.41) is 3.39. The van der Waals surface area contributed by atoms with Gasteiger partial charge in [-0.15, -0.1) is 0 Å². The Bertz CT molecular complexity index is 385. The van der Waals surface area contributed by atoms with Crippen LogP contribution in [0.25, 0.3) is 0 Å². The first-order valence-electron chi connectivity index (χ1n) is 6.60. The van der Waals surface area contributed by atoms with E-state index in [-0.39, 0.29) is 11.4 Å².